The molecule has 0 aliphatic carbocycles. The Kier molecular flexibility index (Phi) is 68.7. The highest BCUT2D eigenvalue weighted by molar-refractivity contribution is 7.47. The standard InChI is InChI=1S/C81H158O17P2/c1-9-73(7)59-51-43-35-29-22-17-15-13-11-12-14-16-18-23-31-37-47-55-63-81(86)98-77(68-92-79(84)62-54-46-40-39-44-52-60-74(8)10-2)70-96-100(89,90)94-66-75(82)65-93-99(87,88)95-69-76(67-91-78(83)61-53-45-36-30-26-25-28-34-42-50-58-72(5)6)97-80(85)64-56-48-38-32-24-20-19-21-27-33-41-49-57-71(3)4/h71-77,82H,9-70H2,1-8H3,(H,87,88)(H,89,90)/t73?,74?,75-,76-,77-/m1/s1. The Morgan fingerprint density at radius 1 is 0.280 bits per heavy atom. The van der Waals surface area contributed by atoms with E-state index >= 15 is 0 Å². The van der Waals surface area contributed by atoms with Gasteiger partial charge in [0.05, 0.1) is 26.4 Å². The number of carbonyl (C=O) groups excluding carboxylic acids is 4. The summed E-state index contributed by atoms with van der Waals surface area (Å²) in [6.07, 6.45) is 56.9. The first-order valence-corrected chi connectivity index (χ1v) is 44.8. The number of phosphoric acid groups is 2. The summed E-state index contributed by atoms with van der Waals surface area (Å²) in [5.74, 6) is 1.02. The van der Waals surface area contributed by atoms with Gasteiger partial charge in [-0.25, -0.2) is 9.13 Å². The topological polar surface area (TPSA) is 237 Å². The highest BCUT2D eigenvalue weighted by Crippen LogP contribution is 2.45. The van der Waals surface area contributed by atoms with Crippen LogP contribution in [0.3, 0.4) is 0 Å². The van der Waals surface area contributed by atoms with Crippen LogP contribution in [0.25, 0.3) is 0 Å². The Labute approximate surface area is 613 Å². The molecular formula is C81H158O17P2. The molecule has 7 atom stereocenters. The zero-order valence-corrected chi connectivity index (χ0v) is 67.6. The predicted octanol–water partition coefficient (Wildman–Crippen LogP) is 24.0. The van der Waals surface area contributed by atoms with Crippen LogP contribution in [0.15, 0.2) is 0 Å². The van der Waals surface area contributed by atoms with Crippen LogP contribution in [-0.2, 0) is 65.4 Å². The van der Waals surface area contributed by atoms with E-state index in [4.69, 9.17) is 37.0 Å². The molecule has 0 aromatic carbocycles. The minimum absolute atomic E-state index is 0.106. The van der Waals surface area contributed by atoms with Gasteiger partial charge in [-0.1, -0.05) is 364 Å². The molecule has 0 aromatic heterocycles. The first-order chi connectivity index (χ1) is 48.2. The number of rotatable bonds is 78. The van der Waals surface area contributed by atoms with Crippen molar-refractivity contribution < 1.29 is 80.2 Å². The van der Waals surface area contributed by atoms with Gasteiger partial charge in [0.15, 0.2) is 12.2 Å². The van der Waals surface area contributed by atoms with Gasteiger partial charge in [-0.05, 0) is 49.4 Å². The zero-order valence-electron chi connectivity index (χ0n) is 65.8. The van der Waals surface area contributed by atoms with Crippen molar-refractivity contribution in [3.05, 3.63) is 0 Å². The number of carbonyl (C=O) groups is 4. The highest BCUT2D eigenvalue weighted by Gasteiger charge is 2.30. The monoisotopic (exact) mass is 1470 g/mol. The summed E-state index contributed by atoms with van der Waals surface area (Å²) in [6.45, 7) is 14.3. The molecule has 3 N–H and O–H groups in total. The molecule has 100 heavy (non-hydrogen) atoms. The Hall–Kier alpha value is -1.94. The molecule has 0 aliphatic rings. The van der Waals surface area contributed by atoms with E-state index < -0.39 is 97.5 Å². The van der Waals surface area contributed by atoms with Crippen LogP contribution < -0.4 is 0 Å². The minimum atomic E-state index is -4.96. The third-order valence-corrected chi connectivity index (χ3v) is 21.4. The van der Waals surface area contributed by atoms with E-state index in [0.29, 0.717) is 25.7 Å². The largest absolute Gasteiger partial charge is 0.472 e. The van der Waals surface area contributed by atoms with Crippen LogP contribution in [0.2, 0.25) is 0 Å². The lowest BCUT2D eigenvalue weighted by Gasteiger charge is -2.21. The third-order valence-electron chi connectivity index (χ3n) is 19.5. The van der Waals surface area contributed by atoms with Gasteiger partial charge in [-0.15, -0.1) is 0 Å². The normalized spacial score (nSPS) is 14.6. The van der Waals surface area contributed by atoms with Crippen molar-refractivity contribution >= 4 is 39.5 Å². The van der Waals surface area contributed by atoms with E-state index in [-0.39, 0.29) is 25.7 Å². The molecule has 0 saturated carbocycles. The van der Waals surface area contributed by atoms with Gasteiger partial charge < -0.3 is 33.8 Å². The molecule has 19 heteroatoms. The second-order valence-electron chi connectivity index (χ2n) is 30.6. The van der Waals surface area contributed by atoms with Crippen molar-refractivity contribution in [1.82, 2.24) is 0 Å². The molecule has 0 spiro atoms. The first kappa shape index (κ1) is 98.1. The molecule has 0 amide bonds. The van der Waals surface area contributed by atoms with Crippen molar-refractivity contribution in [2.75, 3.05) is 39.6 Å². The van der Waals surface area contributed by atoms with Crippen LogP contribution in [0.4, 0.5) is 0 Å². The van der Waals surface area contributed by atoms with Crippen LogP contribution in [0.1, 0.15) is 415 Å². The fourth-order valence-corrected chi connectivity index (χ4v) is 13.9. The molecular weight excluding hydrogens is 1310 g/mol. The molecule has 0 aromatic rings. The number of hydrogen-bond acceptors (Lipinski definition) is 15. The molecule has 0 aliphatic heterocycles. The second-order valence-corrected chi connectivity index (χ2v) is 33.5. The number of aliphatic hydroxyl groups is 1. The third kappa shape index (κ3) is 71.7. The number of aliphatic hydroxyl groups excluding tert-OH is 1. The first-order valence-electron chi connectivity index (χ1n) is 41.8. The number of ether oxygens (including phenoxy) is 4. The molecule has 0 bridgehead atoms. The molecule has 0 rings (SSSR count). The Morgan fingerprint density at radius 3 is 0.710 bits per heavy atom. The Bertz CT molecular complexity index is 1960. The van der Waals surface area contributed by atoms with Gasteiger partial charge in [-0.3, -0.25) is 37.3 Å². The maximum atomic E-state index is 13.1. The highest BCUT2D eigenvalue weighted by atomic mass is 31.2. The van der Waals surface area contributed by atoms with Crippen LogP contribution in [-0.4, -0.2) is 96.7 Å². The summed E-state index contributed by atoms with van der Waals surface area (Å²) in [5.41, 5.74) is 0. The summed E-state index contributed by atoms with van der Waals surface area (Å²) >= 11 is 0. The predicted molar refractivity (Wildman–Crippen MR) is 409 cm³/mol. The molecule has 0 fully saturated rings. The van der Waals surface area contributed by atoms with Crippen LogP contribution >= 0.6 is 15.6 Å². The summed E-state index contributed by atoms with van der Waals surface area (Å²) in [4.78, 5) is 73.0. The summed E-state index contributed by atoms with van der Waals surface area (Å²) in [5, 5.41) is 10.6. The van der Waals surface area contributed by atoms with Crippen molar-refractivity contribution in [3.63, 3.8) is 0 Å². The molecule has 17 nitrogen and oxygen atoms in total. The Morgan fingerprint density at radius 2 is 0.480 bits per heavy atom. The van der Waals surface area contributed by atoms with Gasteiger partial charge in [0.25, 0.3) is 0 Å². The lowest BCUT2D eigenvalue weighted by atomic mass is 9.99. The number of esters is 4. The summed E-state index contributed by atoms with van der Waals surface area (Å²) < 4.78 is 68.7. The molecule has 0 radical (unpaired) electrons. The summed E-state index contributed by atoms with van der Waals surface area (Å²) in [6, 6.07) is 0. The van der Waals surface area contributed by atoms with Gasteiger partial charge in [0, 0.05) is 25.7 Å². The lowest BCUT2D eigenvalue weighted by Crippen LogP contribution is -2.30. The molecule has 4 unspecified atom stereocenters. The minimum Gasteiger partial charge on any atom is -0.462 e. The zero-order chi connectivity index (χ0) is 73.8. The fraction of sp³-hybridized carbons (Fsp3) is 0.951. The molecule has 594 valence electrons. The SMILES string of the molecule is CCC(C)CCCCCCCCCCCCCCCCCCCCC(=O)O[C@H](COC(=O)CCCCCCCCC(C)CC)COP(=O)(O)OC[C@H](O)COP(=O)(O)OC[C@@H](COC(=O)CCCCCCCCCCCCC(C)C)OC(=O)CCCCCCCCCCCCCCC(C)C. The fourth-order valence-electron chi connectivity index (χ4n) is 12.4. The molecule has 0 saturated heterocycles. The molecule has 0 heterocycles. The van der Waals surface area contributed by atoms with Gasteiger partial charge in [-0.2, -0.15) is 0 Å². The van der Waals surface area contributed by atoms with Crippen LogP contribution in [0, 0.1) is 23.7 Å². The summed E-state index contributed by atoms with van der Waals surface area (Å²) in [7, 11) is -9.92. The Balaban J connectivity index is 5.20. The second kappa shape index (κ2) is 70.1. The van der Waals surface area contributed by atoms with Gasteiger partial charge in [0.1, 0.15) is 19.3 Å². The van der Waals surface area contributed by atoms with Crippen LogP contribution in [0.5, 0.6) is 0 Å². The lowest BCUT2D eigenvalue weighted by molar-refractivity contribution is -0.161. The average Bonchev–Trinajstić information content (AvgIpc) is 1.03. The van der Waals surface area contributed by atoms with E-state index in [1.807, 2.05) is 0 Å². The van der Waals surface area contributed by atoms with E-state index in [0.717, 1.165) is 120 Å². The quantitative estimate of drug-likeness (QED) is 0.0222. The van der Waals surface area contributed by atoms with E-state index in [2.05, 4.69) is 55.4 Å². The smallest absolute Gasteiger partial charge is 0.462 e. The maximum absolute atomic E-state index is 13.1. The number of unbranched alkanes of at least 4 members (excludes halogenated alkanes) is 42. The van der Waals surface area contributed by atoms with Crippen molar-refractivity contribution in [3.8, 4) is 0 Å². The van der Waals surface area contributed by atoms with E-state index in [9.17, 15) is 43.2 Å². The number of hydrogen-bond donors (Lipinski definition) is 3. The van der Waals surface area contributed by atoms with Gasteiger partial charge in [0.2, 0.25) is 0 Å². The van der Waals surface area contributed by atoms with E-state index in [1.165, 1.54) is 212 Å². The van der Waals surface area contributed by atoms with Crippen molar-refractivity contribution in [2.45, 2.75) is 433 Å². The van der Waals surface area contributed by atoms with Crippen molar-refractivity contribution in [1.29, 1.82) is 0 Å². The van der Waals surface area contributed by atoms with E-state index in [1.54, 1.807) is 0 Å². The van der Waals surface area contributed by atoms with Gasteiger partial charge >= 0.3 is 39.5 Å². The maximum Gasteiger partial charge on any atom is 0.472 e. The average molecular weight is 1470 g/mol. The number of phosphoric ester groups is 2. The van der Waals surface area contributed by atoms with Crippen molar-refractivity contribution in [2.24, 2.45) is 23.7 Å².